The van der Waals surface area contributed by atoms with Gasteiger partial charge in [-0.1, -0.05) is 46.3 Å². The first kappa shape index (κ1) is 15.4. The van der Waals surface area contributed by atoms with E-state index in [1.807, 2.05) is 30.3 Å². The number of hydrogen-bond acceptors (Lipinski definition) is 3. The number of hydrogen-bond donors (Lipinski definition) is 1. The summed E-state index contributed by atoms with van der Waals surface area (Å²) in [6.07, 6.45) is 2.14. The molecule has 23 heavy (non-hydrogen) atoms. The summed E-state index contributed by atoms with van der Waals surface area (Å²) in [6.45, 7) is 0. The molecule has 0 aliphatic carbocycles. The summed E-state index contributed by atoms with van der Waals surface area (Å²) in [4.78, 5) is 27.6. The summed E-state index contributed by atoms with van der Waals surface area (Å²) in [5.74, 6) is -0.265. The van der Waals surface area contributed by atoms with Crippen molar-refractivity contribution in [2.75, 3.05) is 5.32 Å². The molecule has 0 aliphatic rings. The molecule has 1 aromatic heterocycles. The van der Waals surface area contributed by atoms with Crippen molar-refractivity contribution in [3.8, 4) is 0 Å². The van der Waals surface area contributed by atoms with E-state index < -0.39 is 0 Å². The van der Waals surface area contributed by atoms with Crippen molar-refractivity contribution in [2.24, 2.45) is 0 Å². The number of rotatable bonds is 4. The first-order valence-electron chi connectivity index (χ1n) is 7.02. The highest BCUT2D eigenvalue weighted by atomic mass is 79.9. The number of anilines is 1. The number of carbonyl (C=O) groups excluding carboxylic acids is 2. The van der Waals surface area contributed by atoms with Gasteiger partial charge in [-0.15, -0.1) is 0 Å². The molecule has 1 N–H and O–H groups in total. The minimum absolute atomic E-state index is 0.210. The van der Waals surface area contributed by atoms with Crippen LogP contribution in [0.3, 0.4) is 0 Å². The number of amides is 1. The molecule has 4 nitrogen and oxygen atoms in total. The van der Waals surface area contributed by atoms with Crippen molar-refractivity contribution in [3.63, 3.8) is 0 Å². The van der Waals surface area contributed by atoms with Crippen LogP contribution < -0.4 is 5.32 Å². The molecule has 5 heteroatoms. The number of fused-ring (bicyclic) bond motifs is 1. The molecule has 3 aromatic rings. The van der Waals surface area contributed by atoms with Gasteiger partial charge in [0.1, 0.15) is 5.69 Å². The number of halogens is 1. The molecule has 0 fully saturated rings. The van der Waals surface area contributed by atoms with Gasteiger partial charge >= 0.3 is 0 Å². The zero-order valence-electron chi connectivity index (χ0n) is 12.1. The van der Waals surface area contributed by atoms with Crippen LogP contribution in [0.2, 0.25) is 0 Å². The van der Waals surface area contributed by atoms with Crippen LogP contribution in [0.4, 0.5) is 5.69 Å². The fourth-order valence-corrected chi connectivity index (χ4v) is 2.97. The van der Waals surface area contributed by atoms with E-state index in [1.54, 1.807) is 18.2 Å². The van der Waals surface area contributed by atoms with Gasteiger partial charge in [-0.25, -0.2) is 0 Å². The summed E-state index contributed by atoms with van der Waals surface area (Å²) in [5.41, 5.74) is 2.29. The SMILES string of the molecule is O=Cc1ncccc1NC(=O)c1ccc(CBr)c2ccccc12. The van der Waals surface area contributed by atoms with E-state index in [-0.39, 0.29) is 11.6 Å². The van der Waals surface area contributed by atoms with Crippen LogP contribution in [0, 0.1) is 0 Å². The predicted molar refractivity (Wildman–Crippen MR) is 94.2 cm³/mol. The first-order valence-corrected chi connectivity index (χ1v) is 8.15. The van der Waals surface area contributed by atoms with Gasteiger partial charge in [0.05, 0.1) is 5.69 Å². The van der Waals surface area contributed by atoms with Crippen molar-refractivity contribution in [1.82, 2.24) is 4.98 Å². The van der Waals surface area contributed by atoms with Crippen LogP contribution in [0.25, 0.3) is 10.8 Å². The van der Waals surface area contributed by atoms with Crippen molar-refractivity contribution in [2.45, 2.75) is 5.33 Å². The maximum absolute atomic E-state index is 12.6. The maximum Gasteiger partial charge on any atom is 0.256 e. The lowest BCUT2D eigenvalue weighted by Crippen LogP contribution is -2.14. The van der Waals surface area contributed by atoms with Crippen molar-refractivity contribution in [3.05, 3.63) is 71.5 Å². The molecule has 0 unspecified atom stereocenters. The Morgan fingerprint density at radius 3 is 2.61 bits per heavy atom. The highest BCUT2D eigenvalue weighted by Gasteiger charge is 2.13. The summed E-state index contributed by atoms with van der Waals surface area (Å²) in [7, 11) is 0. The highest BCUT2D eigenvalue weighted by Crippen LogP contribution is 2.25. The van der Waals surface area contributed by atoms with Gasteiger partial charge in [-0.2, -0.15) is 0 Å². The second-order valence-corrected chi connectivity index (χ2v) is 5.52. The Morgan fingerprint density at radius 2 is 1.87 bits per heavy atom. The van der Waals surface area contributed by atoms with Crippen LogP contribution >= 0.6 is 15.9 Å². The smallest absolute Gasteiger partial charge is 0.256 e. The fourth-order valence-electron chi connectivity index (χ4n) is 2.48. The van der Waals surface area contributed by atoms with E-state index in [0.29, 0.717) is 22.9 Å². The number of carbonyl (C=O) groups is 2. The molecular weight excluding hydrogens is 356 g/mol. The third-order valence-corrected chi connectivity index (χ3v) is 4.21. The largest absolute Gasteiger partial charge is 0.320 e. The van der Waals surface area contributed by atoms with E-state index in [9.17, 15) is 9.59 Å². The quantitative estimate of drug-likeness (QED) is 0.554. The van der Waals surface area contributed by atoms with Gasteiger partial charge in [-0.3, -0.25) is 14.6 Å². The van der Waals surface area contributed by atoms with E-state index in [4.69, 9.17) is 0 Å². The third kappa shape index (κ3) is 3.00. The fraction of sp³-hybridized carbons (Fsp3) is 0.0556. The Morgan fingerprint density at radius 1 is 1.09 bits per heavy atom. The Bertz CT molecular complexity index is 893. The second kappa shape index (κ2) is 6.71. The molecule has 0 aliphatic heterocycles. The Balaban J connectivity index is 2.03. The molecule has 114 valence electrons. The van der Waals surface area contributed by atoms with Crippen molar-refractivity contribution >= 4 is 44.6 Å². The van der Waals surface area contributed by atoms with Gasteiger partial charge < -0.3 is 5.32 Å². The topological polar surface area (TPSA) is 59.1 Å². The third-order valence-electron chi connectivity index (χ3n) is 3.60. The van der Waals surface area contributed by atoms with Crippen LogP contribution in [0.1, 0.15) is 26.4 Å². The number of aromatic nitrogens is 1. The summed E-state index contributed by atoms with van der Waals surface area (Å²) in [6, 6.07) is 14.8. The number of aldehydes is 1. The zero-order chi connectivity index (χ0) is 16.2. The highest BCUT2D eigenvalue weighted by molar-refractivity contribution is 9.08. The standard InChI is InChI=1S/C18H13BrN2O2/c19-10-12-7-8-15(14-5-2-1-4-13(12)14)18(23)21-16-6-3-9-20-17(16)11-22/h1-9,11H,10H2,(H,21,23). The molecule has 0 atom stereocenters. The second-order valence-electron chi connectivity index (χ2n) is 4.96. The molecule has 1 heterocycles. The van der Waals surface area contributed by atoms with E-state index >= 15 is 0 Å². The Kier molecular flexibility index (Phi) is 4.48. The molecule has 0 spiro atoms. The molecule has 0 radical (unpaired) electrons. The average molecular weight is 369 g/mol. The molecular formula is C18H13BrN2O2. The number of alkyl halides is 1. The van der Waals surface area contributed by atoms with Crippen LogP contribution in [0.5, 0.6) is 0 Å². The summed E-state index contributed by atoms with van der Waals surface area (Å²) < 4.78 is 0. The molecule has 0 saturated carbocycles. The van der Waals surface area contributed by atoms with Crippen LogP contribution in [-0.4, -0.2) is 17.2 Å². The van der Waals surface area contributed by atoms with Gasteiger partial charge in [0.15, 0.2) is 6.29 Å². The number of nitrogens with one attached hydrogen (secondary N) is 1. The minimum Gasteiger partial charge on any atom is -0.320 e. The predicted octanol–water partition coefficient (Wildman–Crippen LogP) is 4.19. The number of pyridine rings is 1. The van der Waals surface area contributed by atoms with Crippen LogP contribution in [0.15, 0.2) is 54.7 Å². The minimum atomic E-state index is -0.265. The Hall–Kier alpha value is -2.53. The van der Waals surface area contributed by atoms with Gasteiger partial charge in [0.2, 0.25) is 0 Å². The average Bonchev–Trinajstić information content (AvgIpc) is 2.61. The number of benzene rings is 2. The molecule has 2 aromatic carbocycles. The lowest BCUT2D eigenvalue weighted by molar-refractivity contribution is 0.102. The molecule has 0 saturated heterocycles. The number of nitrogens with zero attached hydrogens (tertiary/aromatic N) is 1. The summed E-state index contributed by atoms with van der Waals surface area (Å²) in [5, 5.41) is 5.38. The zero-order valence-corrected chi connectivity index (χ0v) is 13.7. The van der Waals surface area contributed by atoms with E-state index in [2.05, 4.69) is 26.2 Å². The lowest BCUT2D eigenvalue weighted by Gasteiger charge is -2.11. The molecule has 3 rings (SSSR count). The normalized spacial score (nSPS) is 10.5. The lowest BCUT2D eigenvalue weighted by atomic mass is 10.00. The van der Waals surface area contributed by atoms with Gasteiger partial charge in [0.25, 0.3) is 5.91 Å². The van der Waals surface area contributed by atoms with E-state index in [1.165, 1.54) is 6.20 Å². The monoisotopic (exact) mass is 368 g/mol. The molecule has 1 amide bonds. The van der Waals surface area contributed by atoms with Gasteiger partial charge in [-0.05, 0) is 34.5 Å². The molecule has 0 bridgehead atoms. The van der Waals surface area contributed by atoms with Gasteiger partial charge in [0, 0.05) is 17.1 Å². The van der Waals surface area contributed by atoms with Crippen molar-refractivity contribution in [1.29, 1.82) is 0 Å². The van der Waals surface area contributed by atoms with E-state index in [0.717, 1.165) is 16.3 Å². The maximum atomic E-state index is 12.6. The van der Waals surface area contributed by atoms with Crippen LogP contribution in [-0.2, 0) is 5.33 Å². The summed E-state index contributed by atoms with van der Waals surface area (Å²) >= 11 is 3.47. The first-order chi connectivity index (χ1) is 11.2. The van der Waals surface area contributed by atoms with Crippen molar-refractivity contribution < 1.29 is 9.59 Å². The Labute approximate surface area is 141 Å².